The zero-order valence-corrected chi connectivity index (χ0v) is 20.0. The van der Waals surface area contributed by atoms with Crippen LogP contribution in [-0.4, -0.2) is 0 Å². The molecule has 0 saturated carbocycles. The fourth-order valence-corrected chi connectivity index (χ4v) is 4.36. The van der Waals surface area contributed by atoms with Crippen LogP contribution in [0, 0.1) is 5.92 Å². The van der Waals surface area contributed by atoms with Gasteiger partial charge >= 0.3 is 0 Å². The van der Waals surface area contributed by atoms with Gasteiger partial charge in [0.25, 0.3) is 0 Å². The normalized spacial score (nSPS) is 19.9. The molecule has 0 aliphatic heterocycles. The quantitative estimate of drug-likeness (QED) is 0.383. The largest absolute Gasteiger partial charge is 0.363 e. The van der Waals surface area contributed by atoms with Gasteiger partial charge in [0.15, 0.2) is 0 Å². The summed E-state index contributed by atoms with van der Waals surface area (Å²) in [6.45, 7) is 12.2. The van der Waals surface area contributed by atoms with Gasteiger partial charge in [0.05, 0.1) is 0 Å². The maximum absolute atomic E-state index is 15.1. The number of aryl methyl sites for hydroxylation is 1. The van der Waals surface area contributed by atoms with Crippen LogP contribution < -0.4 is 5.32 Å². The molecule has 0 saturated heterocycles. The van der Waals surface area contributed by atoms with Gasteiger partial charge < -0.3 is 5.32 Å². The second kappa shape index (κ2) is 12.2. The standard InChI is InChI=1S/C31H36FN/c1-5-11-27(30-20-25(6-2)17-16-23(30)3)21-28-18-19-29(22-31(28)32)33-24(4)12-10-15-26-13-8-7-9-14-26/h5-9,11,13-14,16-17,20,22-23,33H,2,4,10,12,15,18-19,21H2,1,3H3/b11-5-,30-27+. The lowest BCUT2D eigenvalue weighted by molar-refractivity contribution is 0.612. The molecule has 0 fully saturated rings. The zero-order valence-electron chi connectivity index (χ0n) is 20.0. The van der Waals surface area contributed by atoms with Gasteiger partial charge in [-0.05, 0) is 85.3 Å². The molecule has 0 heterocycles. The van der Waals surface area contributed by atoms with E-state index >= 15 is 4.39 Å². The Kier molecular flexibility index (Phi) is 9.06. The van der Waals surface area contributed by atoms with Crippen LogP contribution >= 0.6 is 0 Å². The molecule has 0 aromatic heterocycles. The molecule has 2 aliphatic rings. The number of benzene rings is 1. The monoisotopic (exact) mass is 441 g/mol. The number of allylic oxidation sites excluding steroid dienone is 14. The van der Waals surface area contributed by atoms with Crippen molar-refractivity contribution in [1.29, 1.82) is 0 Å². The highest BCUT2D eigenvalue weighted by atomic mass is 19.1. The average Bonchev–Trinajstić information content (AvgIpc) is 2.81. The fourth-order valence-electron chi connectivity index (χ4n) is 4.36. The lowest BCUT2D eigenvalue weighted by atomic mass is 9.85. The minimum Gasteiger partial charge on any atom is -0.363 e. The SMILES string of the molecule is C=CC1=C/C(=C(/C=C\C)CC2=C(F)C=C(NC(=C)CCCc3ccccc3)CC2)C(C)C=C1. The zero-order chi connectivity index (χ0) is 23.6. The van der Waals surface area contributed by atoms with Gasteiger partial charge in [-0.2, -0.15) is 0 Å². The molecule has 1 N–H and O–H groups in total. The first-order chi connectivity index (χ1) is 16.0. The summed E-state index contributed by atoms with van der Waals surface area (Å²) in [4.78, 5) is 0. The highest BCUT2D eigenvalue weighted by Crippen LogP contribution is 2.34. The molecular formula is C31H36FN. The number of nitrogens with one attached hydrogen (secondary N) is 1. The van der Waals surface area contributed by atoms with Crippen molar-refractivity contribution in [3.63, 3.8) is 0 Å². The molecule has 1 atom stereocenters. The topological polar surface area (TPSA) is 12.0 Å². The molecule has 3 rings (SSSR count). The molecule has 1 unspecified atom stereocenters. The Morgan fingerprint density at radius 3 is 2.67 bits per heavy atom. The van der Waals surface area contributed by atoms with E-state index in [1.54, 1.807) is 6.08 Å². The Morgan fingerprint density at radius 1 is 1.18 bits per heavy atom. The third kappa shape index (κ3) is 7.18. The molecule has 1 nitrogen and oxygen atoms in total. The number of rotatable bonds is 10. The summed E-state index contributed by atoms with van der Waals surface area (Å²) in [5.74, 6) is 0.189. The summed E-state index contributed by atoms with van der Waals surface area (Å²) in [5, 5.41) is 3.36. The van der Waals surface area contributed by atoms with E-state index in [9.17, 15) is 0 Å². The molecule has 172 valence electrons. The highest BCUT2D eigenvalue weighted by molar-refractivity contribution is 5.49. The van der Waals surface area contributed by atoms with Crippen LogP contribution in [0.4, 0.5) is 4.39 Å². The second-order valence-electron chi connectivity index (χ2n) is 8.84. The first-order valence-corrected chi connectivity index (χ1v) is 11.9. The Bertz CT molecular complexity index is 1040. The Balaban J connectivity index is 1.64. The van der Waals surface area contributed by atoms with E-state index < -0.39 is 0 Å². The smallest absolute Gasteiger partial charge is 0.124 e. The molecular weight excluding hydrogens is 405 g/mol. The minimum atomic E-state index is -0.115. The van der Waals surface area contributed by atoms with Crippen LogP contribution in [0.25, 0.3) is 0 Å². The Morgan fingerprint density at radius 2 is 1.97 bits per heavy atom. The van der Waals surface area contributed by atoms with Gasteiger partial charge in [-0.25, -0.2) is 4.39 Å². The van der Waals surface area contributed by atoms with Crippen molar-refractivity contribution in [1.82, 2.24) is 5.32 Å². The summed E-state index contributed by atoms with van der Waals surface area (Å²) >= 11 is 0. The Labute approximate surface area is 199 Å². The van der Waals surface area contributed by atoms with Crippen molar-refractivity contribution >= 4 is 0 Å². The van der Waals surface area contributed by atoms with E-state index in [1.807, 2.05) is 25.1 Å². The first-order valence-electron chi connectivity index (χ1n) is 11.9. The van der Waals surface area contributed by atoms with Crippen molar-refractivity contribution in [2.45, 2.75) is 52.4 Å². The Hall–Kier alpha value is -3.13. The lowest BCUT2D eigenvalue weighted by Gasteiger charge is -2.22. The van der Waals surface area contributed by atoms with Crippen molar-refractivity contribution in [2.75, 3.05) is 0 Å². The van der Waals surface area contributed by atoms with Gasteiger partial charge in [0, 0.05) is 11.4 Å². The summed E-state index contributed by atoms with van der Waals surface area (Å²) < 4.78 is 15.1. The van der Waals surface area contributed by atoms with E-state index in [0.717, 1.165) is 54.6 Å². The average molecular weight is 442 g/mol. The van der Waals surface area contributed by atoms with Crippen LogP contribution in [0.5, 0.6) is 0 Å². The third-order valence-corrected chi connectivity index (χ3v) is 6.23. The molecule has 2 aliphatic carbocycles. The summed E-state index contributed by atoms with van der Waals surface area (Å²) in [5.41, 5.74) is 7.59. The minimum absolute atomic E-state index is 0.115. The summed E-state index contributed by atoms with van der Waals surface area (Å²) in [6.07, 6.45) is 19.2. The number of halogens is 1. The van der Waals surface area contributed by atoms with Crippen molar-refractivity contribution in [3.05, 3.63) is 131 Å². The second-order valence-corrected chi connectivity index (χ2v) is 8.84. The van der Waals surface area contributed by atoms with E-state index in [1.165, 1.54) is 16.7 Å². The molecule has 1 aromatic rings. The van der Waals surface area contributed by atoms with Gasteiger partial charge in [-0.3, -0.25) is 0 Å². The highest BCUT2D eigenvalue weighted by Gasteiger charge is 2.18. The predicted octanol–water partition coefficient (Wildman–Crippen LogP) is 8.60. The van der Waals surface area contributed by atoms with Crippen LogP contribution in [0.2, 0.25) is 0 Å². The van der Waals surface area contributed by atoms with Crippen molar-refractivity contribution in [3.8, 4) is 0 Å². The van der Waals surface area contributed by atoms with E-state index in [0.29, 0.717) is 12.3 Å². The predicted molar refractivity (Wildman–Crippen MR) is 140 cm³/mol. The summed E-state index contributed by atoms with van der Waals surface area (Å²) in [6, 6.07) is 10.5. The molecule has 1 aromatic carbocycles. The molecule has 0 spiro atoms. The van der Waals surface area contributed by atoms with Gasteiger partial charge in [0.2, 0.25) is 0 Å². The van der Waals surface area contributed by atoms with E-state index in [2.05, 4.69) is 74.0 Å². The summed E-state index contributed by atoms with van der Waals surface area (Å²) in [7, 11) is 0. The van der Waals surface area contributed by atoms with Crippen molar-refractivity contribution < 1.29 is 4.39 Å². The molecule has 33 heavy (non-hydrogen) atoms. The van der Waals surface area contributed by atoms with Gasteiger partial charge in [-0.1, -0.05) is 86.9 Å². The number of hydrogen-bond donors (Lipinski definition) is 1. The lowest BCUT2D eigenvalue weighted by Crippen LogP contribution is -2.15. The van der Waals surface area contributed by atoms with E-state index in [4.69, 9.17) is 0 Å². The fraction of sp³-hybridized carbons (Fsp3) is 0.290. The third-order valence-electron chi connectivity index (χ3n) is 6.23. The van der Waals surface area contributed by atoms with Crippen LogP contribution in [0.1, 0.15) is 51.5 Å². The molecule has 0 amide bonds. The van der Waals surface area contributed by atoms with Crippen LogP contribution in [-0.2, 0) is 6.42 Å². The maximum atomic E-state index is 15.1. The van der Waals surface area contributed by atoms with Gasteiger partial charge in [-0.15, -0.1) is 0 Å². The molecule has 0 bridgehead atoms. The first kappa shape index (κ1) is 24.5. The van der Waals surface area contributed by atoms with Crippen LogP contribution in [0.3, 0.4) is 0 Å². The molecule has 0 radical (unpaired) electrons. The van der Waals surface area contributed by atoms with E-state index in [-0.39, 0.29) is 5.83 Å². The maximum Gasteiger partial charge on any atom is 0.124 e. The van der Waals surface area contributed by atoms with Gasteiger partial charge in [0.1, 0.15) is 5.83 Å². The number of hydrogen-bond acceptors (Lipinski definition) is 1. The molecule has 2 heteroatoms. The van der Waals surface area contributed by atoms with Crippen LogP contribution in [0.15, 0.2) is 126 Å². The van der Waals surface area contributed by atoms with Crippen molar-refractivity contribution in [2.24, 2.45) is 5.92 Å².